The Kier molecular flexibility index (Phi) is 8.57. The van der Waals surface area contributed by atoms with Crippen LogP contribution in [0.4, 0.5) is 0 Å². The van der Waals surface area contributed by atoms with Crippen LogP contribution >= 0.6 is 0 Å². The van der Waals surface area contributed by atoms with Crippen molar-refractivity contribution in [2.45, 2.75) is 71.0 Å². The van der Waals surface area contributed by atoms with E-state index in [1.165, 1.54) is 45.6 Å². The monoisotopic (exact) mass is 581 g/mol. The number of nitrogens with zero attached hydrogens (tertiary/aromatic N) is 4. The average molecular weight is 582 g/mol. The van der Waals surface area contributed by atoms with Crippen molar-refractivity contribution >= 4 is 17.0 Å². The van der Waals surface area contributed by atoms with Gasteiger partial charge in [0, 0.05) is 30.6 Å². The molecular formula is C33H37N6O4+. The molecule has 0 bridgehead atoms. The molecule has 1 aromatic carbocycles. The zero-order valence-electron chi connectivity index (χ0n) is 24.7. The zero-order valence-corrected chi connectivity index (χ0v) is 24.7. The predicted octanol–water partition coefficient (Wildman–Crippen LogP) is 5.18. The normalized spacial score (nSPS) is 14.2. The maximum Gasteiger partial charge on any atom is 0.338 e. The quantitative estimate of drug-likeness (QED) is 0.178. The molecule has 4 aromatic heterocycles. The molecule has 0 aliphatic heterocycles. The number of carbonyl (C=O) groups is 1. The Hall–Kier alpha value is -4.41. The minimum Gasteiger partial charge on any atom is -0.465 e. The molecule has 0 radical (unpaired) electrons. The van der Waals surface area contributed by atoms with Gasteiger partial charge in [0.15, 0.2) is 5.65 Å². The fourth-order valence-electron chi connectivity index (χ4n) is 5.69. The van der Waals surface area contributed by atoms with Gasteiger partial charge in [0.2, 0.25) is 11.8 Å². The smallest absolute Gasteiger partial charge is 0.338 e. The van der Waals surface area contributed by atoms with E-state index < -0.39 is 5.97 Å². The number of carbonyl (C=O) groups excluding carboxylic acids is 1. The molecule has 4 N–H and O–H groups in total. The van der Waals surface area contributed by atoms with Crippen molar-refractivity contribution in [2.75, 3.05) is 7.11 Å². The topological polar surface area (TPSA) is 144 Å². The molecule has 1 fully saturated rings. The SMILES string of the molecule is COC(=O)c1ccc(Cc2oc(-c3ccc4cccnc4n3)nc2CNC2CCCCCC2)cc1-c1nc(C[NH3+])c(C)o1. The number of aryl methyl sites for hydroxylation is 1. The Balaban J connectivity index is 1.36. The molecule has 0 amide bonds. The lowest BCUT2D eigenvalue weighted by atomic mass is 10.0. The van der Waals surface area contributed by atoms with E-state index in [0.29, 0.717) is 65.6 Å². The molecule has 1 aliphatic rings. The Morgan fingerprint density at radius 1 is 1.00 bits per heavy atom. The third-order valence-electron chi connectivity index (χ3n) is 8.09. The van der Waals surface area contributed by atoms with Crippen molar-refractivity contribution in [3.05, 3.63) is 82.7 Å². The van der Waals surface area contributed by atoms with Crippen molar-refractivity contribution < 1.29 is 24.1 Å². The van der Waals surface area contributed by atoms with Crippen LogP contribution in [0.25, 0.3) is 34.1 Å². The molecule has 222 valence electrons. The number of aromatic nitrogens is 4. The van der Waals surface area contributed by atoms with E-state index in [1.54, 1.807) is 12.3 Å². The van der Waals surface area contributed by atoms with Crippen molar-refractivity contribution in [2.24, 2.45) is 0 Å². The number of pyridine rings is 2. The minimum absolute atomic E-state index is 0.361. The molecule has 0 unspecified atom stereocenters. The van der Waals surface area contributed by atoms with Crippen LogP contribution in [0.15, 0.2) is 57.5 Å². The number of oxazole rings is 2. The van der Waals surface area contributed by atoms with Crippen LogP contribution in [0, 0.1) is 6.92 Å². The summed E-state index contributed by atoms with van der Waals surface area (Å²) in [6.45, 7) is 2.92. The summed E-state index contributed by atoms with van der Waals surface area (Å²) in [7, 11) is 1.36. The lowest BCUT2D eigenvalue weighted by molar-refractivity contribution is -0.387. The number of benzene rings is 1. The average Bonchev–Trinajstić information content (AvgIpc) is 3.51. The van der Waals surface area contributed by atoms with Gasteiger partial charge < -0.3 is 24.6 Å². The number of fused-ring (bicyclic) bond motifs is 1. The van der Waals surface area contributed by atoms with Crippen molar-refractivity contribution in [3.63, 3.8) is 0 Å². The molecule has 10 nitrogen and oxygen atoms in total. The van der Waals surface area contributed by atoms with Crippen LogP contribution < -0.4 is 11.1 Å². The van der Waals surface area contributed by atoms with Gasteiger partial charge in [-0.15, -0.1) is 0 Å². The van der Waals surface area contributed by atoms with E-state index >= 15 is 0 Å². The molecule has 0 atom stereocenters. The first-order valence-electron chi connectivity index (χ1n) is 14.9. The summed E-state index contributed by atoms with van der Waals surface area (Å²) >= 11 is 0. The number of methoxy groups -OCH3 is 1. The molecule has 0 spiro atoms. The van der Waals surface area contributed by atoms with Gasteiger partial charge in [-0.3, -0.25) is 0 Å². The number of ether oxygens (including phenoxy) is 1. The minimum atomic E-state index is -0.459. The van der Waals surface area contributed by atoms with Gasteiger partial charge in [0.1, 0.15) is 29.5 Å². The zero-order chi connectivity index (χ0) is 29.8. The Bertz CT molecular complexity index is 1730. The van der Waals surface area contributed by atoms with Crippen LogP contribution in [-0.2, 0) is 24.2 Å². The molecule has 0 saturated heterocycles. The maximum absolute atomic E-state index is 12.7. The van der Waals surface area contributed by atoms with Gasteiger partial charge in [-0.25, -0.2) is 24.7 Å². The van der Waals surface area contributed by atoms with E-state index in [4.69, 9.17) is 23.5 Å². The number of hydrogen-bond acceptors (Lipinski definition) is 9. The third-order valence-corrected chi connectivity index (χ3v) is 8.09. The predicted molar refractivity (Wildman–Crippen MR) is 161 cm³/mol. The first-order valence-corrected chi connectivity index (χ1v) is 14.9. The second-order valence-electron chi connectivity index (χ2n) is 11.0. The van der Waals surface area contributed by atoms with Crippen LogP contribution in [0.5, 0.6) is 0 Å². The summed E-state index contributed by atoms with van der Waals surface area (Å²) < 4.78 is 17.4. The van der Waals surface area contributed by atoms with Crippen LogP contribution in [-0.4, -0.2) is 39.1 Å². The van der Waals surface area contributed by atoms with Gasteiger partial charge in [-0.05, 0) is 61.7 Å². The van der Waals surface area contributed by atoms with Gasteiger partial charge in [0.05, 0.1) is 23.9 Å². The van der Waals surface area contributed by atoms with Gasteiger partial charge in [-0.1, -0.05) is 31.7 Å². The fourth-order valence-corrected chi connectivity index (χ4v) is 5.69. The highest BCUT2D eigenvalue weighted by Gasteiger charge is 2.23. The summed E-state index contributed by atoms with van der Waals surface area (Å²) in [5, 5.41) is 4.69. The van der Waals surface area contributed by atoms with E-state index in [-0.39, 0.29) is 0 Å². The van der Waals surface area contributed by atoms with Gasteiger partial charge >= 0.3 is 5.97 Å². The number of rotatable bonds is 9. The van der Waals surface area contributed by atoms with Crippen molar-refractivity contribution in [1.82, 2.24) is 25.3 Å². The van der Waals surface area contributed by atoms with E-state index in [0.717, 1.165) is 28.1 Å². The van der Waals surface area contributed by atoms with Crippen LogP contribution in [0.1, 0.15) is 77.4 Å². The van der Waals surface area contributed by atoms with Gasteiger partial charge in [0.25, 0.3) is 0 Å². The van der Waals surface area contributed by atoms with Crippen molar-refractivity contribution in [1.29, 1.82) is 0 Å². The van der Waals surface area contributed by atoms with Crippen molar-refractivity contribution in [3.8, 4) is 23.0 Å². The molecule has 5 aromatic rings. The first kappa shape index (κ1) is 28.7. The molecule has 1 aliphatic carbocycles. The number of quaternary nitrogens is 1. The second kappa shape index (κ2) is 12.8. The molecular weight excluding hydrogens is 544 g/mol. The highest BCUT2D eigenvalue weighted by Crippen LogP contribution is 2.30. The van der Waals surface area contributed by atoms with E-state index in [2.05, 4.69) is 21.0 Å². The molecule has 4 heterocycles. The highest BCUT2D eigenvalue weighted by atomic mass is 16.5. The number of nitrogens with one attached hydrogen (secondary N) is 1. The van der Waals surface area contributed by atoms with E-state index in [9.17, 15) is 4.79 Å². The maximum atomic E-state index is 12.7. The lowest BCUT2D eigenvalue weighted by Gasteiger charge is -2.15. The molecule has 6 rings (SSSR count). The summed E-state index contributed by atoms with van der Waals surface area (Å²) in [5.41, 5.74) is 8.65. The first-order chi connectivity index (χ1) is 21.0. The lowest BCUT2D eigenvalue weighted by Crippen LogP contribution is -2.47. The van der Waals surface area contributed by atoms with Crippen LogP contribution in [0.2, 0.25) is 0 Å². The molecule has 10 heteroatoms. The molecule has 1 saturated carbocycles. The summed E-state index contributed by atoms with van der Waals surface area (Å²) in [4.78, 5) is 31.3. The second-order valence-corrected chi connectivity index (χ2v) is 11.0. The Morgan fingerprint density at radius 2 is 1.81 bits per heavy atom. The Labute approximate surface area is 250 Å². The summed E-state index contributed by atoms with van der Waals surface area (Å²) in [5.74, 6) is 1.77. The standard InChI is InChI=1S/C33H36N6O4/c1-20-27(18-34)38-31(42-20)25-16-21(11-13-24(25)33(40)41-2)17-29-28(19-36-23-9-5-3-4-6-10-23)39-32(43-29)26-14-12-22-8-7-15-35-30(22)37-26/h7-8,11-16,23,36H,3-6,9-10,17-19,34H2,1-2H3/p+1. The van der Waals surface area contributed by atoms with Gasteiger partial charge in [-0.2, -0.15) is 0 Å². The summed E-state index contributed by atoms with van der Waals surface area (Å²) in [6.07, 6.45) is 9.60. The number of hydrogen-bond donors (Lipinski definition) is 2. The van der Waals surface area contributed by atoms with Crippen LogP contribution in [0.3, 0.4) is 0 Å². The third kappa shape index (κ3) is 6.35. The fraction of sp³-hybridized carbons (Fsp3) is 0.364. The van der Waals surface area contributed by atoms with E-state index in [1.807, 2.05) is 43.3 Å². The highest BCUT2D eigenvalue weighted by molar-refractivity contribution is 5.96. The largest absolute Gasteiger partial charge is 0.465 e. The molecule has 43 heavy (non-hydrogen) atoms. The number of esters is 1. The summed E-state index contributed by atoms with van der Waals surface area (Å²) in [6, 6.07) is 13.8. The Morgan fingerprint density at radius 3 is 2.58 bits per heavy atom.